The van der Waals surface area contributed by atoms with Crippen LogP contribution in [0.2, 0.25) is 0 Å². The number of aryl methyl sites for hydroxylation is 2. The molecule has 2 aromatic rings. The zero-order valence-corrected chi connectivity index (χ0v) is 15.6. The summed E-state index contributed by atoms with van der Waals surface area (Å²) in [5, 5.41) is 9.79. The van der Waals surface area contributed by atoms with E-state index in [9.17, 15) is 14.3 Å². The van der Waals surface area contributed by atoms with E-state index >= 15 is 0 Å². The fourth-order valence-corrected chi connectivity index (χ4v) is 3.30. The minimum Gasteiger partial charge on any atom is -0.458 e. The van der Waals surface area contributed by atoms with E-state index in [1.807, 2.05) is 19.1 Å². The van der Waals surface area contributed by atoms with Gasteiger partial charge in [0.2, 0.25) is 0 Å². The molecular weight excluding hydrogens is 345 g/mol. The van der Waals surface area contributed by atoms with E-state index in [0.29, 0.717) is 6.42 Å². The number of halogens is 1. The summed E-state index contributed by atoms with van der Waals surface area (Å²) in [6.07, 6.45) is 4.54. The van der Waals surface area contributed by atoms with E-state index < -0.39 is 18.2 Å². The number of carbonyl (C=O) groups is 1. The predicted molar refractivity (Wildman–Crippen MR) is 103 cm³/mol. The lowest BCUT2D eigenvalue weighted by Gasteiger charge is -2.23. The van der Waals surface area contributed by atoms with Gasteiger partial charge in [-0.25, -0.2) is 4.39 Å². The zero-order chi connectivity index (χ0) is 19.4. The molecular formula is C22H24FNO3. The Morgan fingerprint density at radius 3 is 2.63 bits per heavy atom. The van der Waals surface area contributed by atoms with Crippen LogP contribution >= 0.6 is 0 Å². The third-order valence-electron chi connectivity index (χ3n) is 4.71. The molecule has 142 valence electrons. The maximum atomic E-state index is 13.4. The van der Waals surface area contributed by atoms with Gasteiger partial charge >= 0.3 is 5.97 Å². The average Bonchev–Trinajstić information content (AvgIpc) is 2.65. The molecule has 4 nitrogen and oxygen atoms in total. The minimum absolute atomic E-state index is 0.0398. The van der Waals surface area contributed by atoms with Crippen LogP contribution in [0.1, 0.15) is 43.6 Å². The Labute approximate surface area is 158 Å². The summed E-state index contributed by atoms with van der Waals surface area (Å²) >= 11 is 0. The molecule has 0 spiro atoms. The molecule has 0 aliphatic carbocycles. The second-order valence-electron chi connectivity index (χ2n) is 6.72. The van der Waals surface area contributed by atoms with Crippen LogP contribution in [-0.4, -0.2) is 28.3 Å². The van der Waals surface area contributed by atoms with Crippen molar-refractivity contribution in [2.24, 2.45) is 0 Å². The number of hydrogen-bond donors (Lipinski definition) is 1. The summed E-state index contributed by atoms with van der Waals surface area (Å²) in [4.78, 5) is 16.3. The lowest BCUT2D eigenvalue weighted by atomic mass is 9.95. The van der Waals surface area contributed by atoms with Gasteiger partial charge < -0.3 is 9.84 Å². The van der Waals surface area contributed by atoms with E-state index in [1.165, 1.54) is 12.1 Å². The molecule has 5 heteroatoms. The third kappa shape index (κ3) is 4.61. The molecule has 1 aromatic heterocycles. The van der Waals surface area contributed by atoms with E-state index in [-0.39, 0.29) is 12.2 Å². The smallest absolute Gasteiger partial charge is 0.309 e. The normalized spacial score (nSPS) is 20.1. The summed E-state index contributed by atoms with van der Waals surface area (Å²) < 4.78 is 18.7. The standard InChI is InChI=1S/C22H24FNO3/c1-3-16-11-20(14-5-7-15(23)8-6-14)19(21(4-2)24-16)10-9-18-12-17(25)13-22(26)27-18/h5-11,17-18,25H,3-4,12-13H2,1-2H3/t17-,18-/m0/s1. The van der Waals surface area contributed by atoms with Crippen molar-refractivity contribution in [2.75, 3.05) is 0 Å². The first-order valence-electron chi connectivity index (χ1n) is 9.34. The molecule has 27 heavy (non-hydrogen) atoms. The first-order chi connectivity index (χ1) is 13.0. The van der Waals surface area contributed by atoms with Gasteiger partial charge in [0.25, 0.3) is 0 Å². The van der Waals surface area contributed by atoms with Crippen LogP contribution in [0.4, 0.5) is 4.39 Å². The summed E-state index contributed by atoms with van der Waals surface area (Å²) in [6, 6.07) is 8.42. The Bertz CT molecular complexity index is 845. The second-order valence-corrected chi connectivity index (χ2v) is 6.72. The number of cyclic esters (lactones) is 1. The molecule has 1 aliphatic rings. The molecule has 0 saturated carbocycles. The second kappa shape index (κ2) is 8.44. The first-order valence-corrected chi connectivity index (χ1v) is 9.34. The highest BCUT2D eigenvalue weighted by atomic mass is 19.1. The summed E-state index contributed by atoms with van der Waals surface area (Å²) in [5.74, 6) is -0.670. The molecule has 1 saturated heterocycles. The van der Waals surface area contributed by atoms with Gasteiger partial charge in [0.1, 0.15) is 11.9 Å². The van der Waals surface area contributed by atoms with E-state index in [0.717, 1.165) is 40.9 Å². The van der Waals surface area contributed by atoms with Crippen molar-refractivity contribution >= 4 is 12.0 Å². The number of pyridine rings is 1. The first kappa shape index (κ1) is 19.2. The predicted octanol–water partition coefficient (Wildman–Crippen LogP) is 4.09. The fourth-order valence-electron chi connectivity index (χ4n) is 3.30. The number of aliphatic hydroxyl groups is 1. The van der Waals surface area contributed by atoms with Crippen molar-refractivity contribution in [3.8, 4) is 11.1 Å². The van der Waals surface area contributed by atoms with Crippen molar-refractivity contribution < 1.29 is 19.0 Å². The molecule has 1 fully saturated rings. The van der Waals surface area contributed by atoms with E-state index in [1.54, 1.807) is 18.2 Å². The number of hydrogen-bond acceptors (Lipinski definition) is 4. The molecule has 0 unspecified atom stereocenters. The van der Waals surface area contributed by atoms with Gasteiger partial charge in [0, 0.05) is 23.4 Å². The van der Waals surface area contributed by atoms with Gasteiger partial charge in [-0.1, -0.05) is 32.1 Å². The molecule has 0 amide bonds. The Morgan fingerprint density at radius 1 is 1.26 bits per heavy atom. The van der Waals surface area contributed by atoms with Crippen LogP contribution in [0.3, 0.4) is 0 Å². The molecule has 3 rings (SSSR count). The van der Waals surface area contributed by atoms with Crippen molar-refractivity contribution in [3.05, 3.63) is 59.2 Å². The van der Waals surface area contributed by atoms with Gasteiger partial charge in [0.05, 0.1) is 12.5 Å². The fraction of sp³-hybridized carbons (Fsp3) is 0.364. The van der Waals surface area contributed by atoms with Crippen molar-refractivity contribution in [1.82, 2.24) is 4.98 Å². The Balaban J connectivity index is 2.03. The minimum atomic E-state index is -0.677. The molecule has 1 aromatic carbocycles. The molecule has 0 radical (unpaired) electrons. The van der Waals surface area contributed by atoms with Crippen LogP contribution < -0.4 is 0 Å². The maximum absolute atomic E-state index is 13.4. The Kier molecular flexibility index (Phi) is 6.01. The Hall–Kier alpha value is -2.53. The lowest BCUT2D eigenvalue weighted by Crippen LogP contribution is -2.31. The van der Waals surface area contributed by atoms with E-state index in [4.69, 9.17) is 9.72 Å². The zero-order valence-electron chi connectivity index (χ0n) is 15.6. The number of aliphatic hydroxyl groups excluding tert-OH is 1. The summed E-state index contributed by atoms with van der Waals surface area (Å²) in [7, 11) is 0. The van der Waals surface area contributed by atoms with Gasteiger partial charge in [-0.3, -0.25) is 9.78 Å². The van der Waals surface area contributed by atoms with Gasteiger partial charge in [0.15, 0.2) is 0 Å². The van der Waals surface area contributed by atoms with Crippen molar-refractivity contribution in [2.45, 2.75) is 51.7 Å². The van der Waals surface area contributed by atoms with Crippen LogP contribution in [0, 0.1) is 5.82 Å². The highest BCUT2D eigenvalue weighted by molar-refractivity contribution is 5.77. The molecule has 0 bridgehead atoms. The number of aromatic nitrogens is 1. The lowest BCUT2D eigenvalue weighted by molar-refractivity contribution is -0.156. The quantitative estimate of drug-likeness (QED) is 0.807. The SMILES string of the molecule is CCc1cc(-c2ccc(F)cc2)c(C=C[C@H]2C[C@H](O)CC(=O)O2)c(CC)n1. The number of ether oxygens (including phenoxy) is 1. The van der Waals surface area contributed by atoms with Crippen LogP contribution in [0.25, 0.3) is 17.2 Å². The van der Waals surface area contributed by atoms with Crippen molar-refractivity contribution in [3.63, 3.8) is 0 Å². The van der Waals surface area contributed by atoms with Gasteiger partial charge in [-0.2, -0.15) is 0 Å². The van der Waals surface area contributed by atoms with Gasteiger partial charge in [-0.05, 0) is 48.2 Å². The molecule has 1 aliphatic heterocycles. The average molecular weight is 369 g/mol. The van der Waals surface area contributed by atoms with Crippen LogP contribution in [0.15, 0.2) is 36.4 Å². The van der Waals surface area contributed by atoms with Crippen molar-refractivity contribution in [1.29, 1.82) is 0 Å². The number of nitrogens with zero attached hydrogens (tertiary/aromatic N) is 1. The number of carbonyl (C=O) groups excluding carboxylic acids is 1. The molecule has 2 heterocycles. The third-order valence-corrected chi connectivity index (χ3v) is 4.71. The van der Waals surface area contributed by atoms with Crippen LogP contribution in [0.5, 0.6) is 0 Å². The highest BCUT2D eigenvalue weighted by Crippen LogP contribution is 2.29. The monoisotopic (exact) mass is 369 g/mol. The van der Waals surface area contributed by atoms with Crippen LogP contribution in [-0.2, 0) is 22.4 Å². The largest absolute Gasteiger partial charge is 0.458 e. The number of esters is 1. The Morgan fingerprint density at radius 2 is 2.00 bits per heavy atom. The molecule has 1 N–H and O–H groups in total. The number of rotatable bonds is 5. The topological polar surface area (TPSA) is 59.4 Å². The highest BCUT2D eigenvalue weighted by Gasteiger charge is 2.25. The van der Waals surface area contributed by atoms with E-state index in [2.05, 4.69) is 6.92 Å². The van der Waals surface area contributed by atoms with Gasteiger partial charge in [-0.15, -0.1) is 0 Å². The number of benzene rings is 1. The summed E-state index contributed by atoms with van der Waals surface area (Å²) in [6.45, 7) is 4.09. The molecule has 2 atom stereocenters. The summed E-state index contributed by atoms with van der Waals surface area (Å²) in [5.41, 5.74) is 4.72. The maximum Gasteiger partial charge on any atom is 0.309 e.